The van der Waals surface area contributed by atoms with Crippen LogP contribution in [-0.2, 0) is 4.74 Å². The van der Waals surface area contributed by atoms with E-state index >= 15 is 0 Å². The highest BCUT2D eigenvalue weighted by atomic mass is 79.9. The molecule has 1 N–H and O–H groups in total. The van der Waals surface area contributed by atoms with Gasteiger partial charge in [-0.25, -0.2) is 4.79 Å². The van der Waals surface area contributed by atoms with Gasteiger partial charge in [-0.15, -0.1) is 0 Å². The highest BCUT2D eigenvalue weighted by Crippen LogP contribution is 1.88. The van der Waals surface area contributed by atoms with E-state index in [0.717, 1.165) is 18.2 Å². The Morgan fingerprint density at radius 2 is 2.31 bits per heavy atom. The summed E-state index contributed by atoms with van der Waals surface area (Å²) in [5.74, 6) is 0. The summed E-state index contributed by atoms with van der Waals surface area (Å²) in [6, 6.07) is 0. The fourth-order valence-corrected chi connectivity index (χ4v) is 0.913. The summed E-state index contributed by atoms with van der Waals surface area (Å²) in [6.45, 7) is 3.08. The molecular formula is C9H16BrNO2. The number of hydrogen-bond acceptors (Lipinski definition) is 2. The number of alkyl halides is 1. The lowest BCUT2D eigenvalue weighted by Crippen LogP contribution is -2.24. The molecule has 0 aliphatic carbocycles. The zero-order valence-corrected chi connectivity index (χ0v) is 9.47. The molecule has 0 heterocycles. The lowest BCUT2D eigenvalue weighted by atomic mass is 10.4. The molecule has 0 aliphatic heterocycles. The van der Waals surface area contributed by atoms with Crippen LogP contribution in [0.25, 0.3) is 0 Å². The Bertz CT molecular complexity index is 160. The molecule has 4 heteroatoms. The van der Waals surface area contributed by atoms with E-state index in [9.17, 15) is 4.79 Å². The van der Waals surface area contributed by atoms with Crippen LogP contribution >= 0.6 is 15.9 Å². The van der Waals surface area contributed by atoms with E-state index in [0.29, 0.717) is 13.2 Å². The number of carbonyl (C=O) groups excluding carboxylic acids is 1. The van der Waals surface area contributed by atoms with Gasteiger partial charge in [0.1, 0.15) is 0 Å². The van der Waals surface area contributed by atoms with Crippen LogP contribution in [0.2, 0.25) is 0 Å². The Hall–Kier alpha value is -0.510. The van der Waals surface area contributed by atoms with Gasteiger partial charge in [0, 0.05) is 11.9 Å². The molecule has 0 radical (unpaired) electrons. The Morgan fingerprint density at radius 1 is 1.54 bits per heavy atom. The average molecular weight is 250 g/mol. The predicted molar refractivity (Wildman–Crippen MR) is 57.2 cm³/mol. The lowest BCUT2D eigenvalue weighted by molar-refractivity contribution is 0.145. The molecule has 0 spiro atoms. The van der Waals surface area contributed by atoms with E-state index in [1.165, 1.54) is 0 Å². The molecule has 3 nitrogen and oxygen atoms in total. The first kappa shape index (κ1) is 12.5. The summed E-state index contributed by atoms with van der Waals surface area (Å²) in [4.78, 5) is 10.9. The third-order valence-corrected chi connectivity index (χ3v) is 1.72. The second kappa shape index (κ2) is 9.58. The minimum absolute atomic E-state index is 0.340. The summed E-state index contributed by atoms with van der Waals surface area (Å²) in [5.41, 5.74) is 0. The van der Waals surface area contributed by atoms with Crippen LogP contribution in [0.1, 0.15) is 19.8 Å². The Morgan fingerprint density at radius 3 is 2.92 bits per heavy atom. The number of alkyl carbamates (subject to hydrolysis) is 1. The first-order chi connectivity index (χ1) is 6.31. The van der Waals surface area contributed by atoms with E-state index in [1.807, 2.05) is 12.2 Å². The number of carbonyl (C=O) groups is 1. The van der Waals surface area contributed by atoms with Crippen LogP contribution < -0.4 is 5.32 Å². The van der Waals surface area contributed by atoms with Crippen molar-refractivity contribution in [2.45, 2.75) is 19.8 Å². The quantitative estimate of drug-likeness (QED) is 0.446. The molecule has 0 aromatic heterocycles. The highest BCUT2D eigenvalue weighted by molar-refractivity contribution is 9.09. The van der Waals surface area contributed by atoms with Crippen LogP contribution in [0.15, 0.2) is 12.2 Å². The molecular weight excluding hydrogens is 234 g/mol. The van der Waals surface area contributed by atoms with Crippen molar-refractivity contribution in [3.63, 3.8) is 0 Å². The van der Waals surface area contributed by atoms with Gasteiger partial charge in [-0.1, -0.05) is 41.4 Å². The number of unbranched alkanes of at least 4 members (excludes halogenated alkanes) is 1. The van der Waals surface area contributed by atoms with Crippen LogP contribution in [0.3, 0.4) is 0 Å². The second-order valence-corrected chi connectivity index (χ2v) is 3.14. The topological polar surface area (TPSA) is 38.3 Å². The minimum atomic E-state index is -0.340. The monoisotopic (exact) mass is 249 g/mol. The molecule has 0 unspecified atom stereocenters. The van der Waals surface area contributed by atoms with Crippen molar-refractivity contribution in [1.82, 2.24) is 5.32 Å². The van der Waals surface area contributed by atoms with Crippen LogP contribution in [0, 0.1) is 0 Å². The Labute approximate surface area is 87.7 Å². The molecule has 1 amide bonds. The highest BCUT2D eigenvalue weighted by Gasteiger charge is 1.97. The smallest absolute Gasteiger partial charge is 0.407 e. The maximum absolute atomic E-state index is 10.9. The molecule has 13 heavy (non-hydrogen) atoms. The number of amides is 1. The third kappa shape index (κ3) is 9.40. The molecule has 0 aromatic carbocycles. The number of hydrogen-bond donors (Lipinski definition) is 1. The van der Waals surface area contributed by atoms with Gasteiger partial charge < -0.3 is 10.1 Å². The molecule has 0 fully saturated rings. The van der Waals surface area contributed by atoms with Gasteiger partial charge >= 0.3 is 6.09 Å². The first-order valence-corrected chi connectivity index (χ1v) is 5.55. The van der Waals surface area contributed by atoms with Crippen molar-refractivity contribution in [2.24, 2.45) is 0 Å². The summed E-state index contributed by atoms with van der Waals surface area (Å²) >= 11 is 3.24. The molecule has 0 bridgehead atoms. The number of rotatable bonds is 6. The molecule has 0 aromatic rings. The van der Waals surface area contributed by atoms with Gasteiger partial charge in [0.05, 0.1) is 6.61 Å². The zero-order valence-electron chi connectivity index (χ0n) is 7.88. The summed E-state index contributed by atoms with van der Waals surface area (Å²) in [6.07, 6.45) is 5.41. The van der Waals surface area contributed by atoms with Gasteiger partial charge in [-0.05, 0) is 6.42 Å². The first-order valence-electron chi connectivity index (χ1n) is 4.42. The fourth-order valence-electron chi connectivity index (χ4n) is 0.649. The molecule has 0 saturated carbocycles. The van der Waals surface area contributed by atoms with Crippen LogP contribution in [0.4, 0.5) is 4.79 Å². The van der Waals surface area contributed by atoms with E-state index < -0.39 is 0 Å². The molecule has 0 rings (SSSR count). The SMILES string of the molecule is CCCCOC(=O)NC/C=C/CBr. The molecule has 76 valence electrons. The zero-order chi connectivity index (χ0) is 9.94. The number of nitrogens with one attached hydrogen (secondary N) is 1. The van der Waals surface area contributed by atoms with Gasteiger partial charge in [-0.2, -0.15) is 0 Å². The third-order valence-electron chi connectivity index (χ3n) is 1.35. The lowest BCUT2D eigenvalue weighted by Gasteiger charge is -2.03. The van der Waals surface area contributed by atoms with Crippen molar-refractivity contribution in [1.29, 1.82) is 0 Å². The van der Waals surface area contributed by atoms with Crippen LogP contribution in [0.5, 0.6) is 0 Å². The maximum Gasteiger partial charge on any atom is 0.407 e. The van der Waals surface area contributed by atoms with Crippen molar-refractivity contribution < 1.29 is 9.53 Å². The summed E-state index contributed by atoms with van der Waals surface area (Å²) < 4.78 is 4.87. The van der Waals surface area contributed by atoms with Gasteiger partial charge in [0.15, 0.2) is 0 Å². The fraction of sp³-hybridized carbons (Fsp3) is 0.667. The van der Waals surface area contributed by atoms with E-state index in [1.54, 1.807) is 0 Å². The Balaban J connectivity index is 3.25. The largest absolute Gasteiger partial charge is 0.450 e. The average Bonchev–Trinajstić information content (AvgIpc) is 2.13. The van der Waals surface area contributed by atoms with Crippen molar-refractivity contribution in [3.05, 3.63) is 12.2 Å². The molecule has 0 aliphatic rings. The minimum Gasteiger partial charge on any atom is -0.450 e. The van der Waals surface area contributed by atoms with Crippen LogP contribution in [-0.4, -0.2) is 24.6 Å². The van der Waals surface area contributed by atoms with Gasteiger partial charge in [-0.3, -0.25) is 0 Å². The van der Waals surface area contributed by atoms with Gasteiger partial charge in [0.2, 0.25) is 0 Å². The molecule has 0 atom stereocenters. The van der Waals surface area contributed by atoms with Crippen molar-refractivity contribution in [3.8, 4) is 0 Å². The second-order valence-electron chi connectivity index (χ2n) is 2.50. The van der Waals surface area contributed by atoms with E-state index in [4.69, 9.17) is 4.74 Å². The summed E-state index contributed by atoms with van der Waals surface area (Å²) in [7, 11) is 0. The number of allylic oxidation sites excluding steroid dienone is 1. The predicted octanol–water partition coefficient (Wildman–Crippen LogP) is 2.46. The van der Waals surface area contributed by atoms with E-state index in [-0.39, 0.29) is 6.09 Å². The van der Waals surface area contributed by atoms with Crippen molar-refractivity contribution in [2.75, 3.05) is 18.5 Å². The summed E-state index contributed by atoms with van der Waals surface area (Å²) in [5, 5.41) is 3.41. The number of ether oxygens (including phenoxy) is 1. The standard InChI is InChI=1S/C9H16BrNO2/c1-2-3-8-13-9(12)11-7-5-4-6-10/h4-5H,2-3,6-8H2,1H3,(H,11,12)/b5-4+. The normalized spacial score (nSPS) is 10.3. The molecule has 0 saturated heterocycles. The Kier molecular flexibility index (Phi) is 9.20. The van der Waals surface area contributed by atoms with E-state index in [2.05, 4.69) is 28.2 Å². The maximum atomic E-state index is 10.9. The van der Waals surface area contributed by atoms with Crippen molar-refractivity contribution >= 4 is 22.0 Å². The van der Waals surface area contributed by atoms with Gasteiger partial charge in [0.25, 0.3) is 0 Å². The number of halogens is 1.